The van der Waals surface area contributed by atoms with Gasteiger partial charge in [-0.25, -0.2) is 18.4 Å². The molecular weight excluding hydrogens is 388 g/mol. The summed E-state index contributed by atoms with van der Waals surface area (Å²) in [6.07, 6.45) is 5.68. The van der Waals surface area contributed by atoms with Crippen molar-refractivity contribution in [2.24, 2.45) is 0 Å². The van der Waals surface area contributed by atoms with Gasteiger partial charge in [0, 0.05) is 45.1 Å². The molecule has 2 fully saturated rings. The summed E-state index contributed by atoms with van der Waals surface area (Å²) in [5.74, 6) is 1.04. The van der Waals surface area contributed by atoms with Crippen LogP contribution in [0.5, 0.6) is 0 Å². The van der Waals surface area contributed by atoms with Crippen LogP contribution in [-0.4, -0.2) is 73.5 Å². The summed E-state index contributed by atoms with van der Waals surface area (Å²) in [6.45, 7) is 5.14. The number of nitrogens with one attached hydrogen (secondary N) is 2. The van der Waals surface area contributed by atoms with E-state index in [4.69, 9.17) is 0 Å². The molecule has 1 aromatic heterocycles. The molecule has 2 saturated heterocycles. The molecule has 0 aliphatic carbocycles. The van der Waals surface area contributed by atoms with Gasteiger partial charge in [-0.2, -0.15) is 4.31 Å². The number of sulfonamides is 1. The number of nitrogens with zero attached hydrogens (tertiary/aromatic N) is 4. The van der Waals surface area contributed by atoms with E-state index in [2.05, 4.69) is 25.5 Å². The Kier molecular flexibility index (Phi) is 6.39. The Bertz CT molecular complexity index is 885. The highest BCUT2D eigenvalue weighted by Gasteiger charge is 2.26. The molecular formula is C20H28N6O2S. The Morgan fingerprint density at radius 3 is 2.52 bits per heavy atom. The quantitative estimate of drug-likeness (QED) is 0.734. The van der Waals surface area contributed by atoms with Gasteiger partial charge in [0.25, 0.3) is 0 Å². The van der Waals surface area contributed by atoms with E-state index in [1.807, 2.05) is 12.1 Å². The van der Waals surface area contributed by atoms with Crippen molar-refractivity contribution in [2.45, 2.75) is 23.7 Å². The lowest BCUT2D eigenvalue weighted by Gasteiger charge is -2.33. The molecule has 156 valence electrons. The van der Waals surface area contributed by atoms with Crippen LogP contribution in [0.25, 0.3) is 0 Å². The first-order chi connectivity index (χ1) is 14.1. The van der Waals surface area contributed by atoms with Gasteiger partial charge < -0.3 is 10.6 Å². The molecule has 0 saturated carbocycles. The van der Waals surface area contributed by atoms with Crippen LogP contribution >= 0.6 is 0 Å². The molecule has 0 amide bonds. The van der Waals surface area contributed by atoms with Crippen molar-refractivity contribution in [1.29, 1.82) is 0 Å². The monoisotopic (exact) mass is 416 g/mol. The van der Waals surface area contributed by atoms with E-state index in [0.717, 1.165) is 25.9 Å². The van der Waals surface area contributed by atoms with Gasteiger partial charge in [-0.15, -0.1) is 0 Å². The molecule has 1 unspecified atom stereocenters. The minimum absolute atomic E-state index is 0.388. The summed E-state index contributed by atoms with van der Waals surface area (Å²) in [4.78, 5) is 11.1. The standard InChI is InChI=1S/C20H28N6O2S/c27-29(28,26-13-10-21-11-14-26)19-6-4-17(5-7-19)18-3-1-12-25(15-18)16-24-20-22-8-2-9-23-20/h2,4-9,18,21H,1,3,10-16H2,(H,22,23,24). The van der Waals surface area contributed by atoms with Crippen LogP contribution in [0.3, 0.4) is 0 Å². The van der Waals surface area contributed by atoms with Crippen LogP contribution in [0.4, 0.5) is 5.95 Å². The summed E-state index contributed by atoms with van der Waals surface area (Å²) in [6, 6.07) is 9.30. The van der Waals surface area contributed by atoms with E-state index in [1.54, 1.807) is 34.9 Å². The van der Waals surface area contributed by atoms with E-state index in [9.17, 15) is 8.42 Å². The fourth-order valence-electron chi connectivity index (χ4n) is 3.99. The van der Waals surface area contributed by atoms with Crippen molar-refractivity contribution in [3.8, 4) is 0 Å². The smallest absolute Gasteiger partial charge is 0.243 e. The number of piperazine rings is 1. The maximum atomic E-state index is 12.8. The SMILES string of the molecule is O=S(=O)(c1ccc(C2CCCN(CNc3ncccn3)C2)cc1)N1CCNCC1. The van der Waals surface area contributed by atoms with E-state index in [-0.39, 0.29) is 0 Å². The Labute approximate surface area is 172 Å². The second-order valence-electron chi connectivity index (χ2n) is 7.55. The summed E-state index contributed by atoms with van der Waals surface area (Å²) in [7, 11) is -3.40. The van der Waals surface area contributed by atoms with Gasteiger partial charge in [0.1, 0.15) is 0 Å². The molecule has 1 atom stereocenters. The van der Waals surface area contributed by atoms with Crippen LogP contribution in [-0.2, 0) is 10.0 Å². The number of likely N-dealkylation sites (tertiary alicyclic amines) is 1. The summed E-state index contributed by atoms with van der Waals surface area (Å²) < 4.78 is 27.2. The number of rotatable bonds is 6. The van der Waals surface area contributed by atoms with Gasteiger partial charge in [-0.05, 0) is 49.1 Å². The molecule has 0 spiro atoms. The van der Waals surface area contributed by atoms with E-state index >= 15 is 0 Å². The van der Waals surface area contributed by atoms with E-state index in [0.29, 0.717) is 49.6 Å². The minimum atomic E-state index is -3.40. The van der Waals surface area contributed by atoms with Gasteiger partial charge in [-0.1, -0.05) is 12.1 Å². The zero-order valence-corrected chi connectivity index (χ0v) is 17.3. The topological polar surface area (TPSA) is 90.5 Å². The molecule has 2 aliphatic rings. The van der Waals surface area contributed by atoms with E-state index in [1.165, 1.54) is 5.56 Å². The highest BCUT2D eigenvalue weighted by molar-refractivity contribution is 7.89. The van der Waals surface area contributed by atoms with Crippen molar-refractivity contribution in [3.05, 3.63) is 48.3 Å². The highest BCUT2D eigenvalue weighted by atomic mass is 32.2. The Morgan fingerprint density at radius 1 is 1.07 bits per heavy atom. The molecule has 29 heavy (non-hydrogen) atoms. The van der Waals surface area contributed by atoms with Crippen molar-refractivity contribution in [2.75, 3.05) is 51.3 Å². The zero-order valence-electron chi connectivity index (χ0n) is 16.5. The van der Waals surface area contributed by atoms with Crippen LogP contribution in [0.15, 0.2) is 47.6 Å². The third kappa shape index (κ3) is 4.92. The molecule has 2 aliphatic heterocycles. The van der Waals surface area contributed by atoms with Crippen molar-refractivity contribution in [3.63, 3.8) is 0 Å². The van der Waals surface area contributed by atoms with E-state index < -0.39 is 10.0 Å². The maximum Gasteiger partial charge on any atom is 0.243 e. The third-order valence-corrected chi connectivity index (χ3v) is 7.51. The van der Waals surface area contributed by atoms with Gasteiger partial charge >= 0.3 is 0 Å². The predicted octanol–water partition coefficient (Wildman–Crippen LogP) is 1.32. The summed E-state index contributed by atoms with van der Waals surface area (Å²) in [5, 5.41) is 6.46. The minimum Gasteiger partial charge on any atom is -0.341 e. The number of hydrogen-bond acceptors (Lipinski definition) is 7. The largest absolute Gasteiger partial charge is 0.341 e. The average Bonchev–Trinajstić information content (AvgIpc) is 2.79. The van der Waals surface area contributed by atoms with Gasteiger partial charge in [0.15, 0.2) is 0 Å². The Balaban J connectivity index is 1.38. The first kappa shape index (κ1) is 20.2. The number of hydrogen-bond donors (Lipinski definition) is 2. The summed E-state index contributed by atoms with van der Waals surface area (Å²) in [5.41, 5.74) is 1.20. The molecule has 8 nitrogen and oxygen atoms in total. The number of benzene rings is 1. The lowest BCUT2D eigenvalue weighted by molar-refractivity contribution is 0.220. The van der Waals surface area contributed by atoms with Crippen molar-refractivity contribution < 1.29 is 8.42 Å². The van der Waals surface area contributed by atoms with Gasteiger partial charge in [-0.3, -0.25) is 4.90 Å². The molecule has 3 heterocycles. The van der Waals surface area contributed by atoms with Crippen LogP contribution in [0.2, 0.25) is 0 Å². The lowest BCUT2D eigenvalue weighted by Crippen LogP contribution is -2.46. The second kappa shape index (κ2) is 9.17. The normalized spacial score (nSPS) is 21.7. The fraction of sp³-hybridized carbons (Fsp3) is 0.500. The molecule has 1 aromatic carbocycles. The van der Waals surface area contributed by atoms with Crippen molar-refractivity contribution >= 4 is 16.0 Å². The second-order valence-corrected chi connectivity index (χ2v) is 9.48. The first-order valence-corrected chi connectivity index (χ1v) is 11.6. The maximum absolute atomic E-state index is 12.8. The lowest BCUT2D eigenvalue weighted by atomic mass is 9.91. The molecule has 0 radical (unpaired) electrons. The average molecular weight is 417 g/mol. The first-order valence-electron chi connectivity index (χ1n) is 10.2. The molecule has 2 aromatic rings. The summed E-state index contributed by atoms with van der Waals surface area (Å²) >= 11 is 0. The molecule has 2 N–H and O–H groups in total. The Hall–Kier alpha value is -2.07. The molecule has 9 heteroatoms. The number of anilines is 1. The predicted molar refractivity (Wildman–Crippen MR) is 112 cm³/mol. The van der Waals surface area contributed by atoms with Gasteiger partial charge in [0.2, 0.25) is 16.0 Å². The zero-order chi connectivity index (χ0) is 20.1. The number of aromatic nitrogens is 2. The molecule has 4 rings (SSSR count). The Morgan fingerprint density at radius 2 is 1.79 bits per heavy atom. The number of piperidine rings is 1. The van der Waals surface area contributed by atoms with Crippen molar-refractivity contribution in [1.82, 2.24) is 24.5 Å². The fourth-order valence-corrected chi connectivity index (χ4v) is 5.43. The van der Waals surface area contributed by atoms with Gasteiger partial charge in [0.05, 0.1) is 11.6 Å². The highest BCUT2D eigenvalue weighted by Crippen LogP contribution is 2.28. The molecule has 0 bridgehead atoms. The third-order valence-electron chi connectivity index (χ3n) is 5.60. The van der Waals surface area contributed by atoms with Crippen LogP contribution < -0.4 is 10.6 Å². The van der Waals surface area contributed by atoms with Crippen LogP contribution in [0, 0.1) is 0 Å². The van der Waals surface area contributed by atoms with Crippen LogP contribution in [0.1, 0.15) is 24.3 Å².